The molecule has 74 valence electrons. The van der Waals surface area contributed by atoms with Gasteiger partial charge >= 0.3 is 8.25 Å². The van der Waals surface area contributed by atoms with E-state index in [-0.39, 0.29) is 12.4 Å². The largest absolute Gasteiger partial charge is 0.320 e. The second kappa shape index (κ2) is 4.05. The van der Waals surface area contributed by atoms with Gasteiger partial charge in [-0.2, -0.15) is 0 Å². The second-order valence-electron chi connectivity index (χ2n) is 2.91. The number of rotatable bonds is 1. The lowest BCUT2D eigenvalue weighted by atomic mass is 10.1. The molecule has 0 aromatic heterocycles. The summed E-state index contributed by atoms with van der Waals surface area (Å²) in [7, 11) is -2.49. The van der Waals surface area contributed by atoms with E-state index in [4.69, 9.17) is 4.52 Å². The predicted octanol–water partition coefficient (Wildman–Crippen LogP) is 1.73. The zero-order valence-corrected chi connectivity index (χ0v) is 8.30. The van der Waals surface area contributed by atoms with Crippen molar-refractivity contribution in [3.63, 3.8) is 0 Å². The Morgan fingerprint density at radius 1 is 1.29 bits per heavy atom. The third-order valence-corrected chi connectivity index (χ3v) is 2.75. The van der Waals surface area contributed by atoms with Gasteiger partial charge in [0.1, 0.15) is 6.61 Å². The maximum atomic E-state index is 11.4. The third kappa shape index (κ3) is 1.93. The number of carbonyl (C=O) groups excluding carboxylic acids is 1. The van der Waals surface area contributed by atoms with Crippen LogP contribution in [0.3, 0.4) is 0 Å². The molecule has 2 unspecified atom stereocenters. The van der Waals surface area contributed by atoms with E-state index in [2.05, 4.69) is 4.52 Å². The van der Waals surface area contributed by atoms with Crippen LogP contribution in [-0.4, -0.2) is 12.4 Å². The first-order valence-corrected chi connectivity index (χ1v) is 5.41. The Morgan fingerprint density at radius 3 is 2.71 bits per heavy atom. The number of ketones is 1. The van der Waals surface area contributed by atoms with E-state index in [0.717, 1.165) is 5.56 Å². The normalized spacial score (nSPS) is 27.6. The van der Waals surface area contributed by atoms with Gasteiger partial charge in [-0.1, -0.05) is 30.3 Å². The molecule has 1 heterocycles. The van der Waals surface area contributed by atoms with Crippen LogP contribution in [0.5, 0.6) is 0 Å². The molecule has 0 spiro atoms. The highest BCUT2D eigenvalue weighted by Gasteiger charge is 2.28. The van der Waals surface area contributed by atoms with Gasteiger partial charge in [0.15, 0.2) is 11.9 Å². The molecule has 1 aliphatic rings. The Labute approximate surface area is 81.8 Å². The lowest BCUT2D eigenvalue weighted by Gasteiger charge is -2.20. The summed E-state index contributed by atoms with van der Waals surface area (Å²) in [5, 5.41) is 0. The van der Waals surface area contributed by atoms with E-state index in [1.165, 1.54) is 0 Å². The summed E-state index contributed by atoms with van der Waals surface area (Å²) in [6, 6.07) is 8.99. The van der Waals surface area contributed by atoms with E-state index in [1.807, 2.05) is 6.07 Å². The zero-order valence-electron chi connectivity index (χ0n) is 7.30. The molecule has 0 N–H and O–H groups in total. The molecule has 5 heteroatoms. The summed E-state index contributed by atoms with van der Waals surface area (Å²) in [6.45, 7) is -0.128. The van der Waals surface area contributed by atoms with Gasteiger partial charge in [-0.3, -0.25) is 13.9 Å². The van der Waals surface area contributed by atoms with E-state index >= 15 is 0 Å². The van der Waals surface area contributed by atoms with Crippen molar-refractivity contribution in [1.29, 1.82) is 0 Å². The van der Waals surface area contributed by atoms with Crippen LogP contribution in [0.1, 0.15) is 11.7 Å². The molecule has 1 saturated heterocycles. The fourth-order valence-corrected chi connectivity index (χ4v) is 2.07. The average Bonchev–Trinajstić information content (AvgIpc) is 2.23. The van der Waals surface area contributed by atoms with Crippen LogP contribution in [-0.2, 0) is 18.4 Å². The van der Waals surface area contributed by atoms with Crippen LogP contribution in [0.25, 0.3) is 0 Å². The molecule has 4 nitrogen and oxygen atoms in total. The number of benzene rings is 1. The number of hydrogen-bond donors (Lipinski definition) is 0. The first kappa shape index (κ1) is 9.59. The minimum absolute atomic E-state index is 0.128. The molecule has 2 rings (SSSR count). The van der Waals surface area contributed by atoms with Gasteiger partial charge in [0, 0.05) is 0 Å². The molecule has 1 aromatic carbocycles. The van der Waals surface area contributed by atoms with Gasteiger partial charge in [-0.15, -0.1) is 0 Å². The fourth-order valence-electron chi connectivity index (χ4n) is 1.28. The summed E-state index contributed by atoms with van der Waals surface area (Å²) >= 11 is 0. The molecule has 14 heavy (non-hydrogen) atoms. The van der Waals surface area contributed by atoms with Crippen molar-refractivity contribution in [2.45, 2.75) is 6.10 Å². The van der Waals surface area contributed by atoms with E-state index < -0.39 is 14.4 Å². The molecule has 1 aliphatic heterocycles. The van der Waals surface area contributed by atoms with Crippen LogP contribution in [0.2, 0.25) is 0 Å². The maximum Gasteiger partial charge on any atom is 0.320 e. The summed E-state index contributed by atoms with van der Waals surface area (Å²) in [5.41, 5.74) is 0.721. The third-order valence-electron chi connectivity index (χ3n) is 1.94. The van der Waals surface area contributed by atoms with E-state index in [9.17, 15) is 9.36 Å². The van der Waals surface area contributed by atoms with Crippen LogP contribution < -0.4 is 0 Å². The van der Waals surface area contributed by atoms with Crippen molar-refractivity contribution in [2.24, 2.45) is 0 Å². The molecule has 0 amide bonds. The topological polar surface area (TPSA) is 52.6 Å². The van der Waals surface area contributed by atoms with Crippen LogP contribution in [0.15, 0.2) is 30.3 Å². The summed E-state index contributed by atoms with van der Waals surface area (Å²) in [6.07, 6.45) is -0.726. The Balaban J connectivity index is 2.24. The molecule has 0 saturated carbocycles. The monoisotopic (exact) mass is 212 g/mol. The van der Waals surface area contributed by atoms with Crippen molar-refractivity contribution >= 4 is 14.0 Å². The summed E-state index contributed by atoms with van der Waals surface area (Å²) in [4.78, 5) is 11.4. The molecule has 0 aliphatic carbocycles. The lowest BCUT2D eigenvalue weighted by Crippen LogP contribution is -2.22. The van der Waals surface area contributed by atoms with Gasteiger partial charge in [0.05, 0.1) is 0 Å². The molecule has 1 fully saturated rings. The van der Waals surface area contributed by atoms with Crippen LogP contribution in [0.4, 0.5) is 0 Å². The average molecular weight is 212 g/mol. The van der Waals surface area contributed by atoms with Crippen molar-refractivity contribution in [1.82, 2.24) is 0 Å². The van der Waals surface area contributed by atoms with Crippen molar-refractivity contribution in [2.75, 3.05) is 6.61 Å². The molecular weight excluding hydrogens is 203 g/mol. The predicted molar refractivity (Wildman–Crippen MR) is 50.2 cm³/mol. The minimum atomic E-state index is -2.49. The molecular formula is C9H9O4P. The lowest BCUT2D eigenvalue weighted by molar-refractivity contribution is -0.131. The van der Waals surface area contributed by atoms with Gasteiger partial charge < -0.3 is 4.52 Å². The van der Waals surface area contributed by atoms with E-state index in [0.29, 0.717) is 0 Å². The number of carbonyl (C=O) groups is 1. The molecule has 0 radical (unpaired) electrons. The van der Waals surface area contributed by atoms with Crippen molar-refractivity contribution in [3.05, 3.63) is 35.9 Å². The van der Waals surface area contributed by atoms with E-state index in [1.54, 1.807) is 24.3 Å². The highest BCUT2D eigenvalue weighted by Crippen LogP contribution is 2.37. The first-order valence-electron chi connectivity index (χ1n) is 4.18. The Kier molecular flexibility index (Phi) is 2.77. The highest BCUT2D eigenvalue weighted by atomic mass is 31.1. The first-order chi connectivity index (χ1) is 6.77. The zero-order chi connectivity index (χ0) is 9.97. The second-order valence-corrected chi connectivity index (χ2v) is 3.94. The maximum absolute atomic E-state index is 11.4. The smallest absolute Gasteiger partial charge is 0.303 e. The van der Waals surface area contributed by atoms with Crippen molar-refractivity contribution < 1.29 is 18.4 Å². The van der Waals surface area contributed by atoms with Gasteiger partial charge in [0.25, 0.3) is 0 Å². The molecule has 0 bridgehead atoms. The molecule has 2 atom stereocenters. The fraction of sp³-hybridized carbons (Fsp3) is 0.222. The Hall–Kier alpha value is -0.960. The van der Waals surface area contributed by atoms with Crippen LogP contribution >= 0.6 is 8.25 Å². The minimum Gasteiger partial charge on any atom is -0.303 e. The van der Waals surface area contributed by atoms with Gasteiger partial charge in [-0.05, 0) is 5.56 Å². The summed E-state index contributed by atoms with van der Waals surface area (Å²) < 4.78 is 20.6. The van der Waals surface area contributed by atoms with Gasteiger partial charge in [-0.25, -0.2) is 0 Å². The summed E-state index contributed by atoms with van der Waals surface area (Å²) in [5.74, 6) is -0.194. The van der Waals surface area contributed by atoms with Crippen molar-refractivity contribution in [3.8, 4) is 0 Å². The van der Waals surface area contributed by atoms with Gasteiger partial charge in [0.2, 0.25) is 0 Å². The Bertz CT molecular complexity index is 362. The number of hydrogen-bond acceptors (Lipinski definition) is 4. The SMILES string of the molecule is O=C1CO[PH](=O)OC1c1ccccc1. The number of Topliss-reactive ketones (excluding diaryl/α,β-unsaturated/α-hetero) is 1. The quantitative estimate of drug-likeness (QED) is 0.665. The van der Waals surface area contributed by atoms with Crippen LogP contribution in [0, 0.1) is 0 Å². The Morgan fingerprint density at radius 2 is 2.00 bits per heavy atom. The standard InChI is InChI=1S/C9H9O4P/c10-8-6-12-14(11)13-9(8)7-4-2-1-3-5-7/h1-5,9,14H,6H2. The molecule has 1 aromatic rings. The highest BCUT2D eigenvalue weighted by molar-refractivity contribution is 7.33.